The van der Waals surface area contributed by atoms with Crippen LogP contribution >= 0.6 is 11.8 Å². The fourth-order valence-electron chi connectivity index (χ4n) is 3.43. The summed E-state index contributed by atoms with van der Waals surface area (Å²) < 4.78 is 2.04. The number of likely N-dealkylation sites (tertiary alicyclic amines) is 1. The van der Waals surface area contributed by atoms with Gasteiger partial charge in [0.05, 0.1) is 5.75 Å². The number of carbonyl (C=O) groups excluding carboxylic acids is 1. The molecule has 144 valence electrons. The molecule has 2 aromatic carbocycles. The highest BCUT2D eigenvalue weighted by Gasteiger charge is 2.20. The molecule has 0 spiro atoms. The topological polar surface area (TPSA) is 51.0 Å². The van der Waals surface area contributed by atoms with Crippen LogP contribution in [0.3, 0.4) is 0 Å². The highest BCUT2D eigenvalue weighted by Crippen LogP contribution is 2.28. The van der Waals surface area contributed by atoms with Crippen LogP contribution in [0.25, 0.3) is 17.1 Å². The summed E-state index contributed by atoms with van der Waals surface area (Å²) >= 11 is 1.46. The summed E-state index contributed by atoms with van der Waals surface area (Å²) in [5.74, 6) is 1.36. The lowest BCUT2D eigenvalue weighted by Gasteiger charge is -2.26. The van der Waals surface area contributed by atoms with Crippen LogP contribution in [0.4, 0.5) is 0 Å². The van der Waals surface area contributed by atoms with E-state index in [4.69, 9.17) is 0 Å². The lowest BCUT2D eigenvalue weighted by molar-refractivity contribution is -0.129. The quantitative estimate of drug-likeness (QED) is 0.606. The Morgan fingerprint density at radius 3 is 2.39 bits per heavy atom. The van der Waals surface area contributed by atoms with Crippen molar-refractivity contribution in [3.05, 3.63) is 60.2 Å². The number of aromatic nitrogens is 3. The fourth-order valence-corrected chi connectivity index (χ4v) is 4.28. The second kappa shape index (κ2) is 8.61. The highest BCUT2D eigenvalue weighted by molar-refractivity contribution is 7.99. The van der Waals surface area contributed by atoms with Crippen molar-refractivity contribution in [3.8, 4) is 17.1 Å². The van der Waals surface area contributed by atoms with Crippen LogP contribution in [-0.2, 0) is 4.79 Å². The minimum Gasteiger partial charge on any atom is -0.342 e. The van der Waals surface area contributed by atoms with E-state index < -0.39 is 0 Å². The van der Waals surface area contributed by atoms with Crippen molar-refractivity contribution in [1.82, 2.24) is 19.7 Å². The third-order valence-electron chi connectivity index (χ3n) is 4.99. The number of piperidine rings is 1. The van der Waals surface area contributed by atoms with Crippen molar-refractivity contribution < 1.29 is 4.79 Å². The van der Waals surface area contributed by atoms with E-state index in [9.17, 15) is 4.79 Å². The maximum absolute atomic E-state index is 12.6. The van der Waals surface area contributed by atoms with E-state index in [1.165, 1.54) is 23.7 Å². The molecule has 2 heterocycles. The van der Waals surface area contributed by atoms with Crippen molar-refractivity contribution in [2.24, 2.45) is 0 Å². The molecule has 0 saturated carbocycles. The predicted molar refractivity (Wildman–Crippen MR) is 113 cm³/mol. The first-order chi connectivity index (χ1) is 13.7. The molecule has 1 aliphatic rings. The Bertz CT molecular complexity index is 931. The number of nitrogens with zero attached hydrogens (tertiary/aromatic N) is 4. The van der Waals surface area contributed by atoms with Gasteiger partial charge in [-0.25, -0.2) is 0 Å². The van der Waals surface area contributed by atoms with Crippen molar-refractivity contribution in [2.45, 2.75) is 31.3 Å². The van der Waals surface area contributed by atoms with E-state index in [2.05, 4.69) is 41.4 Å². The normalized spacial score (nSPS) is 14.2. The monoisotopic (exact) mass is 392 g/mol. The van der Waals surface area contributed by atoms with Crippen molar-refractivity contribution in [2.75, 3.05) is 18.8 Å². The third-order valence-corrected chi connectivity index (χ3v) is 5.90. The first kappa shape index (κ1) is 18.7. The molecule has 5 nitrogen and oxygen atoms in total. The second-order valence-electron chi connectivity index (χ2n) is 7.07. The minimum absolute atomic E-state index is 0.185. The molecule has 1 saturated heterocycles. The molecule has 1 fully saturated rings. The van der Waals surface area contributed by atoms with Crippen molar-refractivity contribution in [1.29, 1.82) is 0 Å². The van der Waals surface area contributed by atoms with Crippen LogP contribution in [0, 0.1) is 6.92 Å². The third kappa shape index (κ3) is 4.12. The molecule has 4 rings (SSSR count). The van der Waals surface area contributed by atoms with Gasteiger partial charge in [-0.3, -0.25) is 9.36 Å². The molecule has 0 atom stereocenters. The van der Waals surface area contributed by atoms with Crippen LogP contribution in [0.1, 0.15) is 24.8 Å². The Morgan fingerprint density at radius 1 is 0.964 bits per heavy atom. The number of amides is 1. The van der Waals surface area contributed by atoms with Gasteiger partial charge in [0.2, 0.25) is 5.91 Å². The maximum Gasteiger partial charge on any atom is 0.233 e. The zero-order valence-corrected chi connectivity index (χ0v) is 16.9. The van der Waals surface area contributed by atoms with Gasteiger partial charge < -0.3 is 4.90 Å². The van der Waals surface area contributed by atoms with Gasteiger partial charge in [-0.2, -0.15) is 0 Å². The molecule has 1 amide bonds. The number of hydrogen-bond acceptors (Lipinski definition) is 4. The predicted octanol–water partition coefficient (Wildman–Crippen LogP) is 4.35. The first-order valence-corrected chi connectivity index (χ1v) is 10.7. The Kier molecular flexibility index (Phi) is 5.76. The standard InChI is InChI=1S/C22H24N4OS/c1-17-10-12-19(13-11-17)26-21(18-8-4-2-5-9-18)23-24-22(26)28-16-20(27)25-14-6-3-7-15-25/h2,4-5,8-13H,3,6-7,14-16H2,1H3. The Hall–Kier alpha value is -2.60. The minimum atomic E-state index is 0.185. The average molecular weight is 393 g/mol. The van der Waals surface area contributed by atoms with Gasteiger partial charge >= 0.3 is 0 Å². The van der Waals surface area contributed by atoms with Crippen molar-refractivity contribution >= 4 is 17.7 Å². The van der Waals surface area contributed by atoms with Crippen LogP contribution in [0.2, 0.25) is 0 Å². The summed E-state index contributed by atoms with van der Waals surface area (Å²) in [6.07, 6.45) is 3.43. The van der Waals surface area contributed by atoms with E-state index in [1.807, 2.05) is 39.8 Å². The molecular weight excluding hydrogens is 368 g/mol. The molecule has 1 aliphatic heterocycles. The van der Waals surface area contributed by atoms with Gasteiger partial charge in [-0.05, 0) is 38.3 Å². The molecule has 28 heavy (non-hydrogen) atoms. The number of benzene rings is 2. The summed E-state index contributed by atoms with van der Waals surface area (Å²) in [6, 6.07) is 18.3. The van der Waals surface area contributed by atoms with Gasteiger partial charge in [-0.15, -0.1) is 10.2 Å². The van der Waals surface area contributed by atoms with E-state index >= 15 is 0 Å². The summed E-state index contributed by atoms with van der Waals surface area (Å²) in [5.41, 5.74) is 3.21. The number of thioether (sulfide) groups is 1. The highest BCUT2D eigenvalue weighted by atomic mass is 32.2. The lowest BCUT2D eigenvalue weighted by atomic mass is 10.1. The van der Waals surface area contributed by atoms with Crippen molar-refractivity contribution in [3.63, 3.8) is 0 Å². The molecule has 1 aromatic heterocycles. The first-order valence-electron chi connectivity index (χ1n) is 9.71. The Labute approximate surface area is 169 Å². The van der Waals surface area contributed by atoms with Gasteiger partial charge in [0, 0.05) is 24.3 Å². The van der Waals surface area contributed by atoms with Crippen LogP contribution < -0.4 is 0 Å². The molecule has 3 aromatic rings. The number of aryl methyl sites for hydroxylation is 1. The van der Waals surface area contributed by atoms with E-state index in [0.29, 0.717) is 5.75 Å². The van der Waals surface area contributed by atoms with E-state index in [1.54, 1.807) is 0 Å². The summed E-state index contributed by atoms with van der Waals surface area (Å²) in [5, 5.41) is 9.60. The zero-order chi connectivity index (χ0) is 19.3. The van der Waals surface area contributed by atoms with Gasteiger partial charge in [0.15, 0.2) is 11.0 Å². The number of hydrogen-bond donors (Lipinski definition) is 0. The molecule has 6 heteroatoms. The van der Waals surface area contributed by atoms with E-state index in [0.717, 1.165) is 48.2 Å². The lowest BCUT2D eigenvalue weighted by Crippen LogP contribution is -2.36. The van der Waals surface area contributed by atoms with E-state index in [-0.39, 0.29) is 5.91 Å². The van der Waals surface area contributed by atoms with Gasteiger partial charge in [0.1, 0.15) is 0 Å². The van der Waals surface area contributed by atoms with Crippen LogP contribution in [-0.4, -0.2) is 44.4 Å². The maximum atomic E-state index is 12.6. The van der Waals surface area contributed by atoms with Gasteiger partial charge in [0.25, 0.3) is 0 Å². The molecule has 0 radical (unpaired) electrons. The molecular formula is C22H24N4OS. The summed E-state index contributed by atoms with van der Waals surface area (Å²) in [4.78, 5) is 14.6. The smallest absolute Gasteiger partial charge is 0.233 e. The second-order valence-corrected chi connectivity index (χ2v) is 8.02. The largest absolute Gasteiger partial charge is 0.342 e. The summed E-state index contributed by atoms with van der Waals surface area (Å²) in [6.45, 7) is 3.82. The molecule has 0 unspecified atom stereocenters. The van der Waals surface area contributed by atoms with Crippen LogP contribution in [0.5, 0.6) is 0 Å². The zero-order valence-electron chi connectivity index (χ0n) is 16.0. The average Bonchev–Trinajstić information content (AvgIpc) is 3.18. The number of carbonyl (C=O) groups is 1. The van der Waals surface area contributed by atoms with Crippen LogP contribution in [0.15, 0.2) is 59.8 Å². The fraction of sp³-hybridized carbons (Fsp3) is 0.318. The summed E-state index contributed by atoms with van der Waals surface area (Å²) in [7, 11) is 0. The Morgan fingerprint density at radius 2 is 1.68 bits per heavy atom. The number of rotatable bonds is 5. The molecule has 0 bridgehead atoms. The molecule has 0 N–H and O–H groups in total. The Balaban J connectivity index is 1.62. The molecule has 0 aliphatic carbocycles. The van der Waals surface area contributed by atoms with Gasteiger partial charge in [-0.1, -0.05) is 59.8 Å². The SMILES string of the molecule is Cc1ccc(-n2c(SCC(=O)N3CCCCC3)nnc2-c2ccccc2)cc1.